The van der Waals surface area contributed by atoms with E-state index >= 15 is 0 Å². The van der Waals surface area contributed by atoms with Crippen LogP contribution in [0.5, 0.6) is 0 Å². The van der Waals surface area contributed by atoms with Crippen LogP contribution in [-0.2, 0) is 0 Å². The van der Waals surface area contributed by atoms with Gasteiger partial charge in [0.25, 0.3) is 0 Å². The minimum Gasteiger partial charge on any atom is -0.332 e. The van der Waals surface area contributed by atoms with Crippen LogP contribution in [0.4, 0.5) is 0 Å². The third kappa shape index (κ3) is 5.88. The average Bonchev–Trinajstić information content (AvgIpc) is 3.28. The molecule has 0 amide bonds. The molecule has 2 atom stereocenters. The summed E-state index contributed by atoms with van der Waals surface area (Å²) in [5.41, 5.74) is 10.4. The third-order valence-corrected chi connectivity index (χ3v) is 14.5. The molecule has 2 N–H and O–H groups in total. The summed E-state index contributed by atoms with van der Waals surface area (Å²) >= 11 is 0. The molecule has 0 aromatic heterocycles. The Bertz CT molecular complexity index is 1080. The van der Waals surface area contributed by atoms with Crippen molar-refractivity contribution in [2.75, 3.05) is 0 Å². The molecule has 4 rings (SSSR count). The SMILES string of the molecule is CC(C)(C)N[Si](C)(C)C1C=C(CCC2=CC([Si](C)(C)NC(C)(C)C)c3ccccc32)c2ccccc21. The fraction of sp³-hybridized carbons (Fsp3) is 0.500. The van der Waals surface area contributed by atoms with Gasteiger partial charge in [-0.05, 0) is 87.8 Å². The van der Waals surface area contributed by atoms with Gasteiger partial charge in [0.15, 0.2) is 0 Å². The Morgan fingerprint density at radius 2 is 0.917 bits per heavy atom. The van der Waals surface area contributed by atoms with E-state index in [-0.39, 0.29) is 11.1 Å². The Hall–Kier alpha value is -1.73. The van der Waals surface area contributed by atoms with Crippen LogP contribution in [0.1, 0.15) is 87.7 Å². The number of nitrogens with one attached hydrogen (secondary N) is 2. The zero-order chi connectivity index (χ0) is 26.5. The van der Waals surface area contributed by atoms with Crippen LogP contribution < -0.4 is 9.96 Å². The van der Waals surface area contributed by atoms with Crippen molar-refractivity contribution in [2.24, 2.45) is 0 Å². The fourth-order valence-corrected chi connectivity index (χ4v) is 14.3. The standard InChI is InChI=1S/C32H48N2Si2/c1-31(2,3)33-35(7,8)29-21-23(25-15-11-13-17-27(25)29)19-20-24-22-30(28-18-14-12-16-26(24)28)36(9,10)34-32(4,5)6/h11-18,21-22,29-30,33-34H,19-20H2,1-10H3. The highest BCUT2D eigenvalue weighted by molar-refractivity contribution is 6.77. The molecule has 0 fully saturated rings. The Balaban J connectivity index is 1.61. The first kappa shape index (κ1) is 27.3. The highest BCUT2D eigenvalue weighted by Crippen LogP contribution is 2.46. The van der Waals surface area contributed by atoms with Crippen LogP contribution in [-0.4, -0.2) is 27.5 Å². The van der Waals surface area contributed by atoms with Gasteiger partial charge in [-0.15, -0.1) is 0 Å². The van der Waals surface area contributed by atoms with E-state index in [2.05, 4.69) is 138 Å². The van der Waals surface area contributed by atoms with Gasteiger partial charge in [0, 0.05) is 22.2 Å². The molecule has 4 heteroatoms. The monoisotopic (exact) mass is 516 g/mol. The number of fused-ring (bicyclic) bond motifs is 2. The Morgan fingerprint density at radius 3 is 1.25 bits per heavy atom. The molecular weight excluding hydrogens is 469 g/mol. The zero-order valence-corrected chi connectivity index (χ0v) is 26.3. The Labute approximate surface area is 222 Å². The second kappa shape index (κ2) is 9.54. The predicted molar refractivity (Wildman–Crippen MR) is 164 cm³/mol. The number of hydrogen-bond donors (Lipinski definition) is 2. The van der Waals surface area contributed by atoms with E-state index in [1.54, 1.807) is 0 Å². The van der Waals surface area contributed by atoms with Crippen molar-refractivity contribution in [1.29, 1.82) is 0 Å². The molecule has 2 aromatic rings. The largest absolute Gasteiger partial charge is 0.332 e. The van der Waals surface area contributed by atoms with Gasteiger partial charge < -0.3 is 9.96 Å². The van der Waals surface area contributed by atoms with Gasteiger partial charge in [-0.2, -0.15) is 0 Å². The highest BCUT2D eigenvalue weighted by atomic mass is 28.3. The lowest BCUT2D eigenvalue weighted by molar-refractivity contribution is 0.508. The molecule has 0 spiro atoms. The van der Waals surface area contributed by atoms with Gasteiger partial charge in [0.05, 0.1) is 0 Å². The van der Waals surface area contributed by atoms with Crippen molar-refractivity contribution >= 4 is 27.6 Å². The predicted octanol–water partition coefficient (Wildman–Crippen LogP) is 8.39. The number of hydrogen-bond acceptors (Lipinski definition) is 2. The van der Waals surface area contributed by atoms with Crippen LogP contribution in [0.15, 0.2) is 60.7 Å². The molecule has 0 saturated heterocycles. The van der Waals surface area contributed by atoms with Crippen molar-refractivity contribution in [3.8, 4) is 0 Å². The molecule has 0 radical (unpaired) electrons. The summed E-state index contributed by atoms with van der Waals surface area (Å²) in [5.74, 6) is 0. The summed E-state index contributed by atoms with van der Waals surface area (Å²) < 4.78 is 0. The minimum atomic E-state index is -1.72. The second-order valence-corrected chi connectivity index (χ2v) is 22.8. The van der Waals surface area contributed by atoms with E-state index in [0.717, 1.165) is 12.8 Å². The zero-order valence-electron chi connectivity index (χ0n) is 24.3. The molecule has 0 aliphatic heterocycles. The molecule has 194 valence electrons. The fourth-order valence-electron chi connectivity index (χ4n) is 6.87. The molecule has 0 bridgehead atoms. The van der Waals surface area contributed by atoms with Crippen molar-refractivity contribution in [2.45, 2.75) is 103 Å². The van der Waals surface area contributed by atoms with E-state index in [0.29, 0.717) is 11.1 Å². The highest BCUT2D eigenvalue weighted by Gasteiger charge is 2.41. The molecular formula is C32H48N2Si2. The van der Waals surface area contributed by atoms with Crippen LogP contribution in [0.25, 0.3) is 11.1 Å². The Kier molecular flexibility index (Phi) is 7.24. The molecule has 2 unspecified atom stereocenters. The van der Waals surface area contributed by atoms with E-state index in [1.807, 2.05) is 0 Å². The summed E-state index contributed by atoms with van der Waals surface area (Å²) in [6.45, 7) is 23.8. The first-order chi connectivity index (χ1) is 16.6. The molecule has 0 heterocycles. The summed E-state index contributed by atoms with van der Waals surface area (Å²) in [7, 11) is -3.44. The van der Waals surface area contributed by atoms with Gasteiger partial charge in [0.2, 0.25) is 0 Å². The quantitative estimate of drug-likeness (QED) is 0.361. The molecule has 2 aliphatic carbocycles. The minimum absolute atomic E-state index is 0.131. The van der Waals surface area contributed by atoms with Crippen LogP contribution >= 0.6 is 0 Å². The molecule has 36 heavy (non-hydrogen) atoms. The lowest BCUT2D eigenvalue weighted by Crippen LogP contribution is -2.57. The van der Waals surface area contributed by atoms with Crippen molar-refractivity contribution in [3.05, 3.63) is 82.9 Å². The maximum atomic E-state index is 4.03. The van der Waals surface area contributed by atoms with Crippen LogP contribution in [0, 0.1) is 0 Å². The second-order valence-electron chi connectivity index (χ2n) is 14.2. The number of allylic oxidation sites excluding steroid dienone is 4. The van der Waals surface area contributed by atoms with Crippen molar-refractivity contribution < 1.29 is 0 Å². The van der Waals surface area contributed by atoms with Gasteiger partial charge in [-0.25, -0.2) is 0 Å². The van der Waals surface area contributed by atoms with Crippen LogP contribution in [0.2, 0.25) is 26.2 Å². The summed E-state index contributed by atoms with van der Waals surface area (Å²) in [6.07, 6.45) is 7.45. The third-order valence-electron chi connectivity index (χ3n) is 7.63. The first-order valence-electron chi connectivity index (χ1n) is 13.8. The Morgan fingerprint density at radius 1 is 0.583 bits per heavy atom. The number of rotatable bonds is 7. The van der Waals surface area contributed by atoms with Gasteiger partial charge in [0.1, 0.15) is 16.5 Å². The topological polar surface area (TPSA) is 24.1 Å². The maximum absolute atomic E-state index is 4.03. The van der Waals surface area contributed by atoms with Crippen molar-refractivity contribution in [3.63, 3.8) is 0 Å². The summed E-state index contributed by atoms with van der Waals surface area (Å²) in [6, 6.07) is 18.3. The number of benzene rings is 2. The smallest absolute Gasteiger partial charge is 0.131 e. The van der Waals surface area contributed by atoms with Crippen molar-refractivity contribution in [1.82, 2.24) is 9.96 Å². The van der Waals surface area contributed by atoms with Crippen LogP contribution in [0.3, 0.4) is 0 Å². The summed E-state index contributed by atoms with van der Waals surface area (Å²) in [4.78, 5) is 8.06. The molecule has 2 aromatic carbocycles. The van der Waals surface area contributed by atoms with Gasteiger partial charge in [-0.1, -0.05) is 86.9 Å². The van der Waals surface area contributed by atoms with E-state index < -0.39 is 16.5 Å². The van der Waals surface area contributed by atoms with E-state index in [9.17, 15) is 0 Å². The van der Waals surface area contributed by atoms with E-state index in [4.69, 9.17) is 0 Å². The normalized spacial score (nSPS) is 20.2. The average molecular weight is 517 g/mol. The van der Waals surface area contributed by atoms with Gasteiger partial charge in [-0.3, -0.25) is 0 Å². The maximum Gasteiger partial charge on any atom is 0.131 e. The first-order valence-corrected chi connectivity index (χ1v) is 19.9. The molecule has 2 aliphatic rings. The summed E-state index contributed by atoms with van der Waals surface area (Å²) in [5, 5.41) is 0. The van der Waals surface area contributed by atoms with E-state index in [1.165, 1.54) is 33.4 Å². The lowest BCUT2D eigenvalue weighted by Gasteiger charge is -2.37. The lowest BCUT2D eigenvalue weighted by atomic mass is 9.97. The van der Waals surface area contributed by atoms with Gasteiger partial charge >= 0.3 is 0 Å². The molecule has 0 saturated carbocycles. The molecule has 2 nitrogen and oxygen atoms in total.